The molecule has 4 heteroatoms. The van der Waals surface area contributed by atoms with Crippen molar-refractivity contribution >= 4 is 0 Å². The fraction of sp³-hybridized carbons (Fsp3) is 0.839. The monoisotopic (exact) mass is 481 g/mol. The van der Waals surface area contributed by atoms with Gasteiger partial charge in [0, 0.05) is 17.6 Å². The Morgan fingerprint density at radius 2 is 1.71 bits per heavy atom. The van der Waals surface area contributed by atoms with Crippen LogP contribution in [0.2, 0.25) is 0 Å². The van der Waals surface area contributed by atoms with Crippen molar-refractivity contribution in [3.05, 3.63) is 29.2 Å². The molecule has 1 aromatic rings. The first-order valence-electron chi connectivity index (χ1n) is 14.2. The second-order valence-corrected chi connectivity index (χ2v) is 15.4. The van der Waals surface area contributed by atoms with Gasteiger partial charge in [-0.25, -0.2) is 0 Å². The Hall–Kier alpha value is -1.13. The fourth-order valence-electron chi connectivity index (χ4n) is 11.0. The van der Waals surface area contributed by atoms with Gasteiger partial charge in [-0.2, -0.15) is 0 Å². The van der Waals surface area contributed by atoms with E-state index in [0.29, 0.717) is 11.8 Å². The van der Waals surface area contributed by atoms with Gasteiger partial charge >= 0.3 is 0 Å². The van der Waals surface area contributed by atoms with Crippen LogP contribution in [0.1, 0.15) is 105 Å². The summed E-state index contributed by atoms with van der Waals surface area (Å²) in [5, 5.41) is 27.0. The molecule has 3 fully saturated rings. The van der Waals surface area contributed by atoms with Crippen LogP contribution in [0.5, 0.6) is 0 Å². The van der Waals surface area contributed by atoms with Crippen LogP contribution in [0.15, 0.2) is 22.4 Å². The lowest BCUT2D eigenvalue weighted by atomic mass is 9.34. The fourth-order valence-corrected chi connectivity index (χ4v) is 11.0. The number of fused-ring (bicyclic) bond motifs is 8. The van der Waals surface area contributed by atoms with Gasteiger partial charge in [-0.3, -0.25) is 0 Å². The maximum atomic E-state index is 12.0. The Morgan fingerprint density at radius 3 is 2.43 bits per heavy atom. The molecule has 0 saturated heterocycles. The SMILES string of the molecule is CC1(C)CC[C@]2(CO)CC[C@]3(C)[C@H](C(O)C=C4[C@@]5(C)Cc6cnoc6C(C)(C)[C@@H]5CC[C@]43C)[C@@H]2C1. The topological polar surface area (TPSA) is 66.5 Å². The molecule has 0 amide bonds. The molecule has 2 N–H and O–H groups in total. The summed E-state index contributed by atoms with van der Waals surface area (Å²) < 4.78 is 5.81. The largest absolute Gasteiger partial charge is 0.396 e. The smallest absolute Gasteiger partial charge is 0.145 e. The van der Waals surface area contributed by atoms with Gasteiger partial charge in [-0.1, -0.05) is 65.3 Å². The maximum Gasteiger partial charge on any atom is 0.145 e. The molecule has 0 bridgehead atoms. The summed E-state index contributed by atoms with van der Waals surface area (Å²) in [4.78, 5) is 0. The number of hydrogen-bond donors (Lipinski definition) is 2. The lowest BCUT2D eigenvalue weighted by Crippen LogP contribution is -2.66. The predicted octanol–water partition coefficient (Wildman–Crippen LogP) is 6.45. The number of rotatable bonds is 1. The van der Waals surface area contributed by atoms with Crippen molar-refractivity contribution in [2.24, 2.45) is 44.8 Å². The van der Waals surface area contributed by atoms with Crippen LogP contribution in [0.25, 0.3) is 0 Å². The van der Waals surface area contributed by atoms with Crippen molar-refractivity contribution < 1.29 is 14.7 Å². The Balaban J connectivity index is 1.50. The average Bonchev–Trinajstić information content (AvgIpc) is 3.24. The summed E-state index contributed by atoms with van der Waals surface area (Å²) in [5.41, 5.74) is 2.99. The summed E-state index contributed by atoms with van der Waals surface area (Å²) >= 11 is 0. The van der Waals surface area contributed by atoms with Crippen molar-refractivity contribution in [2.75, 3.05) is 6.61 Å². The van der Waals surface area contributed by atoms with Crippen LogP contribution in [0, 0.1) is 44.8 Å². The van der Waals surface area contributed by atoms with Gasteiger partial charge in [-0.05, 0) is 96.2 Å². The molecular formula is C31H47NO3. The van der Waals surface area contributed by atoms with Crippen molar-refractivity contribution in [3.8, 4) is 0 Å². The van der Waals surface area contributed by atoms with E-state index in [1.807, 2.05) is 6.20 Å². The minimum absolute atomic E-state index is 0.0125. The van der Waals surface area contributed by atoms with E-state index in [4.69, 9.17) is 4.52 Å². The normalized spacial score (nSPS) is 49.6. The zero-order valence-corrected chi connectivity index (χ0v) is 23.1. The molecule has 0 radical (unpaired) electrons. The van der Waals surface area contributed by atoms with Crippen LogP contribution in [0.4, 0.5) is 0 Å². The van der Waals surface area contributed by atoms with Crippen molar-refractivity contribution in [1.29, 1.82) is 0 Å². The van der Waals surface area contributed by atoms with Crippen LogP contribution < -0.4 is 0 Å². The molecule has 8 atom stereocenters. The van der Waals surface area contributed by atoms with Crippen LogP contribution in [-0.4, -0.2) is 28.1 Å². The van der Waals surface area contributed by atoms with E-state index in [1.165, 1.54) is 24.0 Å². The van der Waals surface area contributed by atoms with Gasteiger partial charge in [0.2, 0.25) is 0 Å². The molecule has 35 heavy (non-hydrogen) atoms. The number of allylic oxidation sites excluding steroid dienone is 1. The first-order chi connectivity index (χ1) is 16.2. The second-order valence-electron chi connectivity index (χ2n) is 15.4. The number of nitrogens with zero attached hydrogens (tertiary/aromatic N) is 1. The third-order valence-electron chi connectivity index (χ3n) is 13.0. The molecule has 3 saturated carbocycles. The van der Waals surface area contributed by atoms with E-state index in [1.54, 1.807) is 0 Å². The molecule has 0 aliphatic heterocycles. The zero-order chi connectivity index (χ0) is 25.2. The third-order valence-corrected chi connectivity index (χ3v) is 13.0. The highest BCUT2D eigenvalue weighted by Crippen LogP contribution is 2.75. The van der Waals surface area contributed by atoms with Gasteiger partial charge in [0.05, 0.1) is 12.3 Å². The van der Waals surface area contributed by atoms with Crippen molar-refractivity contribution in [2.45, 2.75) is 111 Å². The summed E-state index contributed by atoms with van der Waals surface area (Å²) in [6.07, 6.45) is 12.7. The first-order valence-corrected chi connectivity index (χ1v) is 14.2. The first kappa shape index (κ1) is 24.2. The van der Waals surface area contributed by atoms with Gasteiger partial charge in [-0.15, -0.1) is 0 Å². The Kier molecular flexibility index (Phi) is 4.87. The lowest BCUT2D eigenvalue weighted by molar-refractivity contribution is -0.196. The van der Waals surface area contributed by atoms with E-state index in [0.717, 1.165) is 44.3 Å². The highest BCUT2D eigenvalue weighted by molar-refractivity contribution is 5.42. The van der Waals surface area contributed by atoms with Crippen LogP contribution >= 0.6 is 0 Å². The number of aromatic nitrogens is 1. The van der Waals surface area contributed by atoms with Gasteiger partial charge in [0.15, 0.2) is 0 Å². The highest BCUT2D eigenvalue weighted by atomic mass is 16.5. The average molecular weight is 482 g/mol. The van der Waals surface area contributed by atoms with Gasteiger partial charge in [0.25, 0.3) is 0 Å². The van der Waals surface area contributed by atoms with Crippen molar-refractivity contribution in [1.82, 2.24) is 5.16 Å². The summed E-state index contributed by atoms with van der Waals surface area (Å²) in [6, 6.07) is 0. The molecule has 1 aromatic heterocycles. The molecule has 0 spiro atoms. The lowest BCUT2D eigenvalue weighted by Gasteiger charge is -2.71. The Bertz CT molecular complexity index is 1070. The molecule has 5 aliphatic rings. The second kappa shape index (κ2) is 7.04. The molecule has 6 rings (SSSR count). The van der Waals surface area contributed by atoms with E-state index in [2.05, 4.69) is 59.7 Å². The number of aliphatic hydroxyl groups is 2. The molecule has 5 aliphatic carbocycles. The summed E-state index contributed by atoms with van der Waals surface area (Å²) in [7, 11) is 0. The van der Waals surface area contributed by atoms with Crippen LogP contribution in [0.3, 0.4) is 0 Å². The summed E-state index contributed by atoms with van der Waals surface area (Å²) in [6.45, 7) is 17.3. The Labute approximate surface area is 211 Å². The molecule has 1 unspecified atom stereocenters. The van der Waals surface area contributed by atoms with E-state index < -0.39 is 6.10 Å². The van der Waals surface area contributed by atoms with Gasteiger partial charge < -0.3 is 14.7 Å². The van der Waals surface area contributed by atoms with Gasteiger partial charge in [0.1, 0.15) is 5.76 Å². The quantitative estimate of drug-likeness (QED) is 0.452. The molecule has 0 aromatic carbocycles. The van der Waals surface area contributed by atoms with E-state index in [9.17, 15) is 10.2 Å². The minimum atomic E-state index is -0.448. The Morgan fingerprint density at radius 1 is 1.00 bits per heavy atom. The van der Waals surface area contributed by atoms with E-state index >= 15 is 0 Å². The highest BCUT2D eigenvalue weighted by Gasteiger charge is 2.69. The third kappa shape index (κ3) is 2.85. The van der Waals surface area contributed by atoms with E-state index in [-0.39, 0.29) is 45.0 Å². The standard InChI is InChI=1S/C31H47NO3/c1-26(2)10-12-31(18-33)13-11-30(7)24(20(31)16-26)21(34)14-23-28(5)15-19-17-32-35-25(19)27(3,4)22(28)8-9-29(23,30)6/h14,17,20-22,24,33-34H,8-13,15-16,18H2,1-7H3/t20-,21?,22-,24-,28-,29+,30+,31+/m0/s1. The maximum absolute atomic E-state index is 12.0. The summed E-state index contributed by atoms with van der Waals surface area (Å²) in [5.74, 6) is 2.12. The van der Waals surface area contributed by atoms with Crippen LogP contribution in [-0.2, 0) is 11.8 Å². The van der Waals surface area contributed by atoms with Crippen molar-refractivity contribution in [3.63, 3.8) is 0 Å². The predicted molar refractivity (Wildman–Crippen MR) is 138 cm³/mol. The molecule has 1 heterocycles. The number of aliphatic hydroxyl groups excluding tert-OH is 2. The molecular weight excluding hydrogens is 434 g/mol. The zero-order valence-electron chi connectivity index (χ0n) is 23.1. The number of hydrogen-bond acceptors (Lipinski definition) is 4. The minimum Gasteiger partial charge on any atom is -0.396 e. The molecule has 4 nitrogen and oxygen atoms in total. The molecule has 194 valence electrons.